The van der Waals surface area contributed by atoms with Crippen LogP contribution in [0.4, 0.5) is 11.6 Å². The minimum absolute atomic E-state index is 0.0362. The Bertz CT molecular complexity index is 3330. The van der Waals surface area contributed by atoms with E-state index in [1.54, 1.807) is 0 Å². The lowest BCUT2D eigenvalue weighted by atomic mass is 9.91. The molecule has 292 valence electrons. The number of nitrogens with zero attached hydrogens (tertiary/aromatic N) is 6. The Morgan fingerprint density at radius 3 is 1.47 bits per heavy atom. The van der Waals surface area contributed by atoms with Crippen LogP contribution in [-0.4, -0.2) is 31.0 Å². The molecule has 0 saturated carbocycles. The van der Waals surface area contributed by atoms with Crippen LogP contribution in [0, 0.1) is 0 Å². The maximum Gasteiger partial charge on any atom is 0.234 e. The number of fused-ring (bicyclic) bond motifs is 6. The molecule has 0 N–H and O–H groups in total. The number of aromatic nitrogens is 5. The van der Waals surface area contributed by atoms with Gasteiger partial charge in [0.2, 0.25) is 5.95 Å². The average molecular weight is 797 g/mol. The molecule has 0 amide bonds. The van der Waals surface area contributed by atoms with Crippen LogP contribution in [0.1, 0.15) is 11.5 Å². The number of rotatable bonds is 7. The molecule has 7 nitrogen and oxygen atoms in total. The Morgan fingerprint density at radius 1 is 0.419 bits per heavy atom. The van der Waals surface area contributed by atoms with Gasteiger partial charge in [0.25, 0.3) is 0 Å². The zero-order chi connectivity index (χ0) is 41.0. The predicted molar refractivity (Wildman–Crippen MR) is 249 cm³/mol. The molecule has 3 aromatic heterocycles. The Kier molecular flexibility index (Phi) is 8.49. The minimum atomic E-state index is -0.0692. The summed E-state index contributed by atoms with van der Waals surface area (Å²) in [4.78, 5) is 28.3. The van der Waals surface area contributed by atoms with Crippen molar-refractivity contribution in [2.24, 2.45) is 0 Å². The third-order valence-corrected chi connectivity index (χ3v) is 11.9. The lowest BCUT2D eigenvalue weighted by Crippen LogP contribution is -2.30. The molecular weight excluding hydrogens is 761 g/mol. The van der Waals surface area contributed by atoms with Gasteiger partial charge in [0, 0.05) is 39.2 Å². The highest BCUT2D eigenvalue weighted by Crippen LogP contribution is 2.50. The third kappa shape index (κ3) is 6.18. The van der Waals surface area contributed by atoms with Crippen molar-refractivity contribution >= 4 is 33.7 Å². The molecule has 7 heteroatoms. The summed E-state index contributed by atoms with van der Waals surface area (Å²) in [5.74, 6) is 2.45. The summed E-state index contributed by atoms with van der Waals surface area (Å²) >= 11 is 0. The molecule has 0 radical (unpaired) electrons. The van der Waals surface area contributed by atoms with Gasteiger partial charge in [0.15, 0.2) is 23.1 Å². The number of hydrogen-bond donors (Lipinski definition) is 0. The van der Waals surface area contributed by atoms with Crippen molar-refractivity contribution in [3.8, 4) is 67.7 Å². The molecule has 10 aromatic rings. The molecule has 0 spiro atoms. The highest BCUT2D eigenvalue weighted by molar-refractivity contribution is 6.09. The van der Waals surface area contributed by atoms with Gasteiger partial charge in [0.1, 0.15) is 16.8 Å². The van der Waals surface area contributed by atoms with Crippen molar-refractivity contribution in [1.29, 1.82) is 0 Å². The van der Waals surface area contributed by atoms with Gasteiger partial charge in [-0.05, 0) is 39.9 Å². The SMILES string of the molecule is C1=CC2c3cc4oc5c(-c6ccc(-c7ccccc7)cc6)nc(-c6ccccc6)nc5c4cc3N(c3nc(-c4ccccc4)nc(-c4ccc(-c5ccccc5)cc4)n3)C2C=C1. The van der Waals surface area contributed by atoms with Crippen LogP contribution in [0.25, 0.3) is 89.7 Å². The molecule has 0 fully saturated rings. The first-order chi connectivity index (χ1) is 30.7. The smallest absolute Gasteiger partial charge is 0.234 e. The molecule has 4 heterocycles. The zero-order valence-corrected chi connectivity index (χ0v) is 33.4. The highest BCUT2D eigenvalue weighted by Gasteiger charge is 2.40. The van der Waals surface area contributed by atoms with Crippen molar-refractivity contribution in [3.63, 3.8) is 0 Å². The van der Waals surface area contributed by atoms with Gasteiger partial charge in [-0.3, -0.25) is 0 Å². The number of benzene rings is 7. The van der Waals surface area contributed by atoms with Crippen molar-refractivity contribution in [2.75, 3.05) is 4.90 Å². The standard InChI is InChI=1S/C55H36N6O/c1-5-15-35(16-6-1)37-25-29-39(30-26-37)49-51-50(57-52(56-49)40-19-9-3-10-20-40)45-33-47-44(34-48(45)62-51)43-23-13-14-24-46(43)61(47)55-59-53(41-21-11-4-12-22-41)58-54(60-55)42-31-27-38(28-32-42)36-17-7-2-8-18-36/h1-34,43,46H. The number of allylic oxidation sites excluding steroid dienone is 2. The first kappa shape index (κ1) is 35.6. The van der Waals surface area contributed by atoms with Gasteiger partial charge < -0.3 is 9.32 Å². The molecule has 2 atom stereocenters. The maximum atomic E-state index is 6.86. The van der Waals surface area contributed by atoms with Gasteiger partial charge in [0.05, 0.1) is 6.04 Å². The second-order valence-corrected chi connectivity index (χ2v) is 15.6. The Hall–Kier alpha value is -8.29. The largest absolute Gasteiger partial charge is 0.452 e. The van der Waals surface area contributed by atoms with E-state index in [9.17, 15) is 0 Å². The molecule has 12 rings (SSSR count). The second-order valence-electron chi connectivity index (χ2n) is 15.6. The molecule has 1 aliphatic heterocycles. The molecular formula is C55H36N6O. The van der Waals surface area contributed by atoms with Gasteiger partial charge in [-0.2, -0.15) is 9.97 Å². The van der Waals surface area contributed by atoms with E-state index < -0.39 is 0 Å². The minimum Gasteiger partial charge on any atom is -0.452 e. The summed E-state index contributed by atoms with van der Waals surface area (Å²) < 4.78 is 6.86. The van der Waals surface area contributed by atoms with Crippen molar-refractivity contribution in [3.05, 3.63) is 212 Å². The third-order valence-electron chi connectivity index (χ3n) is 11.9. The van der Waals surface area contributed by atoms with E-state index in [0.29, 0.717) is 29.0 Å². The van der Waals surface area contributed by atoms with Crippen LogP contribution in [0.15, 0.2) is 211 Å². The van der Waals surface area contributed by atoms with Crippen LogP contribution in [0.2, 0.25) is 0 Å². The quantitative estimate of drug-likeness (QED) is 0.159. The van der Waals surface area contributed by atoms with E-state index in [1.807, 2.05) is 72.8 Å². The lowest BCUT2D eigenvalue weighted by Gasteiger charge is -2.27. The number of hydrogen-bond acceptors (Lipinski definition) is 7. The van der Waals surface area contributed by atoms with Gasteiger partial charge in [-0.1, -0.05) is 194 Å². The van der Waals surface area contributed by atoms with Crippen molar-refractivity contribution < 1.29 is 4.42 Å². The Labute approximate surface area is 358 Å². The highest BCUT2D eigenvalue weighted by atomic mass is 16.3. The molecule has 7 aromatic carbocycles. The van der Waals surface area contributed by atoms with E-state index >= 15 is 0 Å². The number of anilines is 2. The molecule has 62 heavy (non-hydrogen) atoms. The van der Waals surface area contributed by atoms with Crippen LogP contribution in [0.3, 0.4) is 0 Å². The Morgan fingerprint density at radius 2 is 0.887 bits per heavy atom. The first-order valence-corrected chi connectivity index (χ1v) is 20.8. The monoisotopic (exact) mass is 796 g/mol. The summed E-state index contributed by atoms with van der Waals surface area (Å²) in [6.07, 6.45) is 8.72. The fourth-order valence-electron chi connectivity index (χ4n) is 8.82. The fourth-order valence-corrected chi connectivity index (χ4v) is 8.82. The summed E-state index contributed by atoms with van der Waals surface area (Å²) in [6.45, 7) is 0. The van der Waals surface area contributed by atoms with E-state index in [4.69, 9.17) is 29.3 Å². The zero-order valence-electron chi connectivity index (χ0n) is 33.4. The number of furan rings is 1. The van der Waals surface area contributed by atoms with E-state index in [-0.39, 0.29) is 12.0 Å². The van der Waals surface area contributed by atoms with Gasteiger partial charge in [-0.15, -0.1) is 0 Å². The van der Waals surface area contributed by atoms with Crippen LogP contribution < -0.4 is 4.90 Å². The summed E-state index contributed by atoms with van der Waals surface area (Å²) in [5.41, 5.74) is 13.3. The summed E-state index contributed by atoms with van der Waals surface area (Å²) in [5, 5.41) is 0.895. The normalized spacial score (nSPS) is 15.3. The maximum absolute atomic E-state index is 6.86. The fraction of sp³-hybridized carbons (Fsp3) is 0.0364. The predicted octanol–water partition coefficient (Wildman–Crippen LogP) is 13.3. The van der Waals surface area contributed by atoms with Crippen molar-refractivity contribution in [2.45, 2.75) is 12.0 Å². The van der Waals surface area contributed by atoms with Crippen LogP contribution >= 0.6 is 0 Å². The molecule has 0 bridgehead atoms. The van der Waals surface area contributed by atoms with Crippen molar-refractivity contribution in [1.82, 2.24) is 24.9 Å². The topological polar surface area (TPSA) is 80.8 Å². The van der Waals surface area contributed by atoms with Crippen LogP contribution in [0.5, 0.6) is 0 Å². The average Bonchev–Trinajstić information content (AvgIpc) is 3.88. The van der Waals surface area contributed by atoms with E-state index in [2.05, 4.69) is 138 Å². The molecule has 0 saturated heterocycles. The van der Waals surface area contributed by atoms with Gasteiger partial charge in [-0.25, -0.2) is 15.0 Å². The second kappa shape index (κ2) is 14.8. The molecule has 2 unspecified atom stereocenters. The lowest BCUT2D eigenvalue weighted by molar-refractivity contribution is 0.665. The van der Waals surface area contributed by atoms with Gasteiger partial charge >= 0.3 is 0 Å². The van der Waals surface area contributed by atoms with E-state index in [1.165, 1.54) is 0 Å². The molecule has 1 aliphatic carbocycles. The van der Waals surface area contributed by atoms with Crippen LogP contribution in [-0.2, 0) is 0 Å². The summed E-state index contributed by atoms with van der Waals surface area (Å²) in [6, 6.07) is 62.4. The van der Waals surface area contributed by atoms with E-state index in [0.717, 1.165) is 77.9 Å². The molecule has 2 aliphatic rings. The first-order valence-electron chi connectivity index (χ1n) is 20.8. The summed E-state index contributed by atoms with van der Waals surface area (Å²) in [7, 11) is 0. The Balaban J connectivity index is 1.04.